The summed E-state index contributed by atoms with van der Waals surface area (Å²) in [5.41, 5.74) is 3.33. The van der Waals surface area contributed by atoms with Crippen molar-refractivity contribution in [2.75, 3.05) is 21.3 Å². The third-order valence-electron chi connectivity index (χ3n) is 4.47. The average molecular weight is 672 g/mol. The molecule has 0 saturated carbocycles. The van der Waals surface area contributed by atoms with E-state index in [-0.39, 0.29) is 11.3 Å². The van der Waals surface area contributed by atoms with E-state index in [2.05, 4.69) is 63.3 Å². The van der Waals surface area contributed by atoms with Gasteiger partial charge in [0.2, 0.25) is 5.75 Å². The summed E-state index contributed by atoms with van der Waals surface area (Å²) >= 11 is 10.1. The number of hydrazone groups is 1. The molecule has 1 aromatic heterocycles. The van der Waals surface area contributed by atoms with Gasteiger partial charge >= 0.3 is 5.97 Å². The molecule has 0 fully saturated rings. The van der Waals surface area contributed by atoms with E-state index in [0.29, 0.717) is 41.8 Å². The predicted molar refractivity (Wildman–Crippen MR) is 140 cm³/mol. The van der Waals surface area contributed by atoms with E-state index in [4.69, 9.17) is 18.9 Å². The number of hydrogen-bond acceptors (Lipinski definition) is 8. The lowest BCUT2D eigenvalue weighted by Crippen LogP contribution is -2.18. The van der Waals surface area contributed by atoms with E-state index < -0.39 is 11.9 Å². The quantitative estimate of drug-likeness (QED) is 0.148. The maximum Gasteiger partial charge on any atom is 0.343 e. The van der Waals surface area contributed by atoms with Gasteiger partial charge in [-0.1, -0.05) is 15.9 Å². The first kappa shape index (κ1) is 26.6. The van der Waals surface area contributed by atoms with Crippen LogP contribution in [0.5, 0.6) is 23.0 Å². The van der Waals surface area contributed by atoms with Crippen LogP contribution in [0.15, 0.2) is 61.2 Å². The lowest BCUT2D eigenvalue weighted by molar-refractivity contribution is 0.0732. The molecule has 182 valence electrons. The number of pyridine rings is 1. The van der Waals surface area contributed by atoms with Crippen LogP contribution in [0.4, 0.5) is 0 Å². The fourth-order valence-corrected chi connectivity index (χ4v) is 4.60. The molecular weight excluding hydrogens is 654 g/mol. The largest absolute Gasteiger partial charge is 0.493 e. The molecule has 2 aromatic carbocycles. The number of nitrogens with zero attached hydrogens (tertiary/aromatic N) is 2. The van der Waals surface area contributed by atoms with Crippen molar-refractivity contribution in [2.45, 2.75) is 0 Å². The number of nitrogens with one attached hydrogen (secondary N) is 1. The molecule has 0 spiro atoms. The molecule has 0 aliphatic carbocycles. The van der Waals surface area contributed by atoms with E-state index in [0.717, 1.165) is 0 Å². The van der Waals surface area contributed by atoms with Crippen LogP contribution in [-0.4, -0.2) is 44.4 Å². The van der Waals surface area contributed by atoms with Crippen molar-refractivity contribution in [1.29, 1.82) is 0 Å². The zero-order chi connectivity index (χ0) is 25.5. The van der Waals surface area contributed by atoms with Gasteiger partial charge in [0.15, 0.2) is 17.2 Å². The van der Waals surface area contributed by atoms with Crippen LogP contribution in [0.1, 0.15) is 26.3 Å². The van der Waals surface area contributed by atoms with Crippen molar-refractivity contribution >= 4 is 65.9 Å². The first-order valence-corrected chi connectivity index (χ1v) is 12.1. The molecule has 0 aliphatic heterocycles. The maximum absolute atomic E-state index is 13.0. The smallest absolute Gasteiger partial charge is 0.343 e. The molecule has 0 unspecified atom stereocenters. The number of methoxy groups -OCH3 is 3. The fraction of sp³-hybridized carbons (Fsp3) is 0.130. The monoisotopic (exact) mass is 669 g/mol. The number of ether oxygens (including phenoxy) is 4. The summed E-state index contributed by atoms with van der Waals surface area (Å²) in [7, 11) is 4.37. The van der Waals surface area contributed by atoms with Gasteiger partial charge < -0.3 is 18.9 Å². The van der Waals surface area contributed by atoms with Gasteiger partial charge in [-0.25, -0.2) is 10.2 Å². The molecule has 9 nitrogen and oxygen atoms in total. The molecule has 3 rings (SSSR count). The van der Waals surface area contributed by atoms with Gasteiger partial charge in [-0.2, -0.15) is 5.10 Å². The van der Waals surface area contributed by atoms with Crippen LogP contribution in [-0.2, 0) is 0 Å². The number of aromatic nitrogens is 1. The zero-order valence-corrected chi connectivity index (χ0v) is 23.4. The van der Waals surface area contributed by atoms with Gasteiger partial charge in [0, 0.05) is 26.9 Å². The number of halogens is 3. The van der Waals surface area contributed by atoms with Gasteiger partial charge in [0.25, 0.3) is 5.91 Å². The standard InChI is InChI=1S/C23H18Br3N3O6/c1-32-18-6-12(7-19(33-2)21(18)34-3)23(31)35-20-13(4-15(24)8-17(20)26)10-28-29-22(30)14-5-16(25)11-27-9-14/h4-11H,1-3H3,(H,29,30). The Balaban J connectivity index is 1.87. The fourth-order valence-electron chi connectivity index (χ4n) is 2.90. The Morgan fingerprint density at radius 1 is 0.857 bits per heavy atom. The third-order valence-corrected chi connectivity index (χ3v) is 5.95. The molecule has 1 N–H and O–H groups in total. The van der Waals surface area contributed by atoms with E-state index in [1.165, 1.54) is 45.9 Å². The van der Waals surface area contributed by atoms with Crippen LogP contribution in [0.25, 0.3) is 0 Å². The predicted octanol–water partition coefficient (Wildman–Crippen LogP) is 5.38. The van der Waals surface area contributed by atoms with Crippen LogP contribution in [0.3, 0.4) is 0 Å². The first-order chi connectivity index (χ1) is 16.8. The summed E-state index contributed by atoms with van der Waals surface area (Å²) in [6.07, 6.45) is 4.33. The molecule has 1 amide bonds. The normalized spacial score (nSPS) is 10.7. The summed E-state index contributed by atoms with van der Waals surface area (Å²) in [4.78, 5) is 29.3. The van der Waals surface area contributed by atoms with Crippen molar-refractivity contribution < 1.29 is 28.5 Å². The topological polar surface area (TPSA) is 108 Å². The van der Waals surface area contributed by atoms with Crippen molar-refractivity contribution in [3.63, 3.8) is 0 Å². The Labute approximate surface area is 226 Å². The van der Waals surface area contributed by atoms with Gasteiger partial charge in [0.05, 0.1) is 43.1 Å². The second-order valence-corrected chi connectivity index (χ2v) is 9.39. The summed E-state index contributed by atoms with van der Waals surface area (Å²) in [6.45, 7) is 0. The number of hydrogen-bond donors (Lipinski definition) is 1. The zero-order valence-electron chi connectivity index (χ0n) is 18.6. The lowest BCUT2D eigenvalue weighted by Gasteiger charge is -2.15. The van der Waals surface area contributed by atoms with Crippen molar-refractivity contribution in [3.05, 3.63) is 72.8 Å². The van der Waals surface area contributed by atoms with Gasteiger partial charge in [-0.05, 0) is 62.2 Å². The second-order valence-electron chi connectivity index (χ2n) is 6.70. The molecule has 1 heterocycles. The highest BCUT2D eigenvalue weighted by Gasteiger charge is 2.20. The summed E-state index contributed by atoms with van der Waals surface area (Å²) in [6, 6.07) is 7.96. The highest BCUT2D eigenvalue weighted by atomic mass is 79.9. The summed E-state index contributed by atoms with van der Waals surface area (Å²) < 4.78 is 23.4. The van der Waals surface area contributed by atoms with Crippen molar-refractivity contribution in [3.8, 4) is 23.0 Å². The van der Waals surface area contributed by atoms with Crippen LogP contribution in [0, 0.1) is 0 Å². The van der Waals surface area contributed by atoms with E-state index in [1.54, 1.807) is 24.4 Å². The molecule has 12 heteroatoms. The minimum Gasteiger partial charge on any atom is -0.493 e. The molecule has 0 atom stereocenters. The summed E-state index contributed by atoms with van der Waals surface area (Å²) in [5, 5.41) is 3.99. The Hall–Kier alpha value is -2.96. The van der Waals surface area contributed by atoms with E-state index in [1.807, 2.05) is 0 Å². The van der Waals surface area contributed by atoms with E-state index in [9.17, 15) is 9.59 Å². The van der Waals surface area contributed by atoms with Gasteiger partial charge in [-0.15, -0.1) is 0 Å². The number of carbonyl (C=O) groups is 2. The number of esters is 1. The van der Waals surface area contributed by atoms with Gasteiger partial charge in [-0.3, -0.25) is 9.78 Å². The Morgan fingerprint density at radius 2 is 1.54 bits per heavy atom. The Morgan fingerprint density at radius 3 is 2.14 bits per heavy atom. The number of benzene rings is 2. The minimum atomic E-state index is -0.675. The highest BCUT2D eigenvalue weighted by Crippen LogP contribution is 2.39. The first-order valence-electron chi connectivity index (χ1n) is 9.72. The van der Waals surface area contributed by atoms with Crippen molar-refractivity contribution in [1.82, 2.24) is 10.4 Å². The number of rotatable bonds is 8. The van der Waals surface area contributed by atoms with E-state index >= 15 is 0 Å². The summed E-state index contributed by atoms with van der Waals surface area (Å²) in [5.74, 6) is 0.0151. The van der Waals surface area contributed by atoms with Crippen LogP contribution >= 0.6 is 47.8 Å². The minimum absolute atomic E-state index is 0.174. The Bertz CT molecular complexity index is 1270. The molecule has 35 heavy (non-hydrogen) atoms. The second kappa shape index (κ2) is 12.1. The van der Waals surface area contributed by atoms with Crippen LogP contribution in [0.2, 0.25) is 0 Å². The third kappa shape index (κ3) is 6.59. The number of amides is 1. The molecule has 0 saturated heterocycles. The molecule has 0 bridgehead atoms. The van der Waals surface area contributed by atoms with Crippen molar-refractivity contribution in [2.24, 2.45) is 5.10 Å². The van der Waals surface area contributed by atoms with Crippen LogP contribution < -0.4 is 24.4 Å². The SMILES string of the molecule is COc1cc(C(=O)Oc2c(Br)cc(Br)cc2C=NNC(=O)c2cncc(Br)c2)cc(OC)c1OC. The highest BCUT2D eigenvalue weighted by molar-refractivity contribution is 9.11. The average Bonchev–Trinajstić information content (AvgIpc) is 2.84. The molecule has 0 aliphatic rings. The molecule has 0 radical (unpaired) electrons. The lowest BCUT2D eigenvalue weighted by atomic mass is 10.1. The Kier molecular flexibility index (Phi) is 9.24. The molecular formula is C23H18Br3N3O6. The molecule has 3 aromatic rings. The number of carbonyl (C=O) groups excluding carboxylic acids is 2. The maximum atomic E-state index is 13.0. The van der Waals surface area contributed by atoms with Gasteiger partial charge in [0.1, 0.15) is 0 Å².